The van der Waals surface area contributed by atoms with Crippen LogP contribution >= 0.6 is 0 Å². The number of rotatable bonds is 5. The lowest BCUT2D eigenvalue weighted by atomic mass is 10.1. The summed E-state index contributed by atoms with van der Waals surface area (Å²) in [6, 6.07) is 0. The molecule has 0 nitrogen and oxygen atoms in total. The molecule has 0 radical (unpaired) electrons. The maximum absolute atomic E-state index is 3.63. The number of unbranched alkanes of at least 4 members (excludes halogenated alkanes) is 1. The highest BCUT2D eigenvalue weighted by Gasteiger charge is 1.88. The lowest BCUT2D eigenvalue weighted by Gasteiger charge is -1.97. The van der Waals surface area contributed by atoms with Gasteiger partial charge in [0.15, 0.2) is 0 Å². The van der Waals surface area contributed by atoms with Crippen LogP contribution in [0.1, 0.15) is 61.8 Å². The van der Waals surface area contributed by atoms with E-state index >= 15 is 0 Å². The molecule has 15 heavy (non-hydrogen) atoms. The molecule has 0 heterocycles. The second kappa shape index (κ2) is 23.2. The van der Waals surface area contributed by atoms with Gasteiger partial charge in [0.1, 0.15) is 0 Å². The Labute approximate surface area is 98.8 Å². The number of hydrogen-bond donors (Lipinski definition) is 0. The van der Waals surface area contributed by atoms with Crippen LogP contribution in [0.25, 0.3) is 0 Å². The zero-order valence-corrected chi connectivity index (χ0v) is 9.64. The van der Waals surface area contributed by atoms with Gasteiger partial charge in [0.2, 0.25) is 0 Å². The fraction of sp³-hybridized carbons (Fsp3) is 0.600. The Morgan fingerprint density at radius 2 is 1.73 bits per heavy atom. The second-order valence-corrected chi connectivity index (χ2v) is 2.56. The molecule has 0 aliphatic carbocycles. The highest BCUT2D eigenvalue weighted by Crippen LogP contribution is 2.08. The smallest absolute Gasteiger partial charge is 0.0282 e. The van der Waals surface area contributed by atoms with E-state index in [4.69, 9.17) is 0 Å². The van der Waals surface area contributed by atoms with Crippen LogP contribution in [-0.2, 0) is 0 Å². The molecule has 0 N–H and O–H groups in total. The van der Waals surface area contributed by atoms with E-state index in [0.29, 0.717) is 0 Å². The van der Waals surface area contributed by atoms with Gasteiger partial charge in [0.05, 0.1) is 0 Å². The summed E-state index contributed by atoms with van der Waals surface area (Å²) in [5.41, 5.74) is 1.41. The maximum Gasteiger partial charge on any atom is -0.0282 e. The van der Waals surface area contributed by atoms with Crippen LogP contribution in [0.5, 0.6) is 0 Å². The molecule has 0 aliphatic heterocycles. The summed E-state index contributed by atoms with van der Waals surface area (Å²) in [5, 5.41) is 0. The Bertz CT molecular complexity index is 149. The van der Waals surface area contributed by atoms with Gasteiger partial charge in [0.25, 0.3) is 0 Å². The average Bonchev–Trinajstić information content (AvgIpc) is 2.21. The van der Waals surface area contributed by atoms with Crippen LogP contribution in [0.3, 0.4) is 0 Å². The van der Waals surface area contributed by atoms with Gasteiger partial charge < -0.3 is 0 Å². The van der Waals surface area contributed by atoms with Gasteiger partial charge in [-0.1, -0.05) is 78.5 Å². The van der Waals surface area contributed by atoms with E-state index < -0.39 is 0 Å². The Kier molecular flexibility index (Phi) is 36.8. The molecule has 92 valence electrons. The summed E-state index contributed by atoms with van der Waals surface area (Å²) in [4.78, 5) is 0. The van der Waals surface area contributed by atoms with Crippen molar-refractivity contribution < 1.29 is 0 Å². The molecule has 0 aromatic heterocycles. The van der Waals surface area contributed by atoms with Crippen molar-refractivity contribution in [2.45, 2.75) is 61.8 Å². The minimum Gasteiger partial charge on any atom is -0.0991 e. The molecular formula is C15H32. The third kappa shape index (κ3) is 19.6. The fourth-order valence-electron chi connectivity index (χ4n) is 0.896. The quantitative estimate of drug-likeness (QED) is 0.478. The standard InChI is InChI=1S/C11H18.C2H6.2CH4/c1-4-7-9-11(6-3)10-8-5-2;1-2;;/h4,6-7,9H,1,5,8,10H2,2-3H3;1-2H3;2*1H4/b9-7-,11-6+;;;. The third-order valence-corrected chi connectivity index (χ3v) is 1.64. The summed E-state index contributed by atoms with van der Waals surface area (Å²) in [5.74, 6) is 0. The molecule has 0 aromatic carbocycles. The molecule has 0 saturated carbocycles. The molecule has 0 saturated heterocycles. The topological polar surface area (TPSA) is 0 Å². The van der Waals surface area contributed by atoms with Gasteiger partial charge in [0, 0.05) is 0 Å². The lowest BCUT2D eigenvalue weighted by molar-refractivity contribution is 0.797. The number of hydrogen-bond acceptors (Lipinski definition) is 0. The van der Waals surface area contributed by atoms with Crippen LogP contribution in [0, 0.1) is 0 Å². The maximum atomic E-state index is 3.63. The fourth-order valence-corrected chi connectivity index (χ4v) is 0.896. The third-order valence-electron chi connectivity index (χ3n) is 1.64. The van der Waals surface area contributed by atoms with Crippen LogP contribution in [-0.4, -0.2) is 0 Å². The minimum atomic E-state index is 0. The van der Waals surface area contributed by atoms with Crippen molar-refractivity contribution in [1.82, 2.24) is 0 Å². The normalized spacial score (nSPS) is 9.47. The van der Waals surface area contributed by atoms with E-state index in [-0.39, 0.29) is 14.9 Å². The van der Waals surface area contributed by atoms with E-state index in [1.54, 1.807) is 0 Å². The van der Waals surface area contributed by atoms with E-state index in [9.17, 15) is 0 Å². The van der Waals surface area contributed by atoms with Gasteiger partial charge in [-0.3, -0.25) is 0 Å². The van der Waals surface area contributed by atoms with Crippen LogP contribution in [0.4, 0.5) is 0 Å². The van der Waals surface area contributed by atoms with Crippen molar-refractivity contribution in [2.24, 2.45) is 0 Å². The summed E-state index contributed by atoms with van der Waals surface area (Å²) in [6.45, 7) is 11.9. The van der Waals surface area contributed by atoms with Gasteiger partial charge in [-0.25, -0.2) is 0 Å². The van der Waals surface area contributed by atoms with Gasteiger partial charge in [-0.05, 0) is 19.8 Å². The first kappa shape index (κ1) is 23.8. The van der Waals surface area contributed by atoms with Crippen molar-refractivity contribution >= 4 is 0 Å². The zero-order chi connectivity index (χ0) is 10.5. The zero-order valence-electron chi connectivity index (χ0n) is 9.64. The van der Waals surface area contributed by atoms with Crippen molar-refractivity contribution in [2.75, 3.05) is 0 Å². The van der Waals surface area contributed by atoms with Crippen LogP contribution in [0.2, 0.25) is 0 Å². The summed E-state index contributed by atoms with van der Waals surface area (Å²) in [6.07, 6.45) is 11.8. The Morgan fingerprint density at radius 1 is 1.20 bits per heavy atom. The second-order valence-electron chi connectivity index (χ2n) is 2.56. The molecule has 0 unspecified atom stereocenters. The van der Waals surface area contributed by atoms with Gasteiger partial charge >= 0.3 is 0 Å². The van der Waals surface area contributed by atoms with E-state index in [2.05, 4.69) is 32.6 Å². The Morgan fingerprint density at radius 3 is 2.07 bits per heavy atom. The highest BCUT2D eigenvalue weighted by molar-refractivity contribution is 5.20. The SMILES string of the molecule is C.C.C=C/C=C\C(=C/C)CCCC.CC. The average molecular weight is 212 g/mol. The molecule has 0 bridgehead atoms. The molecular weight excluding hydrogens is 180 g/mol. The molecule has 0 heteroatoms. The molecule has 0 aliphatic rings. The van der Waals surface area contributed by atoms with Crippen LogP contribution in [0.15, 0.2) is 36.5 Å². The molecule has 0 fully saturated rings. The predicted molar refractivity (Wildman–Crippen MR) is 77.4 cm³/mol. The minimum absolute atomic E-state index is 0. The lowest BCUT2D eigenvalue weighted by Crippen LogP contribution is -1.77. The first-order valence-corrected chi connectivity index (χ1v) is 5.29. The van der Waals surface area contributed by atoms with Gasteiger partial charge in [-0.15, -0.1) is 0 Å². The van der Waals surface area contributed by atoms with Gasteiger partial charge in [-0.2, -0.15) is 0 Å². The summed E-state index contributed by atoms with van der Waals surface area (Å²) < 4.78 is 0. The van der Waals surface area contributed by atoms with Crippen molar-refractivity contribution in [3.8, 4) is 0 Å². The summed E-state index contributed by atoms with van der Waals surface area (Å²) in [7, 11) is 0. The molecule has 0 spiro atoms. The Balaban J connectivity index is -0.000000142. The largest absolute Gasteiger partial charge is 0.0991 e. The molecule has 0 aromatic rings. The first-order chi connectivity index (χ1) is 6.35. The molecule has 0 atom stereocenters. The van der Waals surface area contributed by atoms with Crippen molar-refractivity contribution in [3.05, 3.63) is 36.5 Å². The van der Waals surface area contributed by atoms with Crippen molar-refractivity contribution in [1.29, 1.82) is 0 Å². The predicted octanol–water partition coefficient (Wildman–Crippen LogP) is 6.16. The molecule has 0 rings (SSSR count). The van der Waals surface area contributed by atoms with E-state index in [1.165, 1.54) is 24.8 Å². The number of allylic oxidation sites excluding steroid dienone is 5. The monoisotopic (exact) mass is 212 g/mol. The van der Waals surface area contributed by atoms with Crippen molar-refractivity contribution in [3.63, 3.8) is 0 Å². The first-order valence-electron chi connectivity index (χ1n) is 5.29. The summed E-state index contributed by atoms with van der Waals surface area (Å²) >= 11 is 0. The Hall–Kier alpha value is -0.780. The molecule has 0 amide bonds. The van der Waals surface area contributed by atoms with E-state index in [1.807, 2.05) is 26.0 Å². The highest BCUT2D eigenvalue weighted by atomic mass is 13.9. The van der Waals surface area contributed by atoms with E-state index in [0.717, 1.165) is 0 Å². The van der Waals surface area contributed by atoms with Crippen LogP contribution < -0.4 is 0 Å².